The number of rotatable bonds is 7. The maximum absolute atomic E-state index is 13.1. The Bertz CT molecular complexity index is 3860. The van der Waals surface area contributed by atoms with Gasteiger partial charge in [-0.1, -0.05) is 171 Å². The van der Waals surface area contributed by atoms with E-state index >= 15 is 0 Å². The van der Waals surface area contributed by atoms with E-state index in [9.17, 15) is 5.11 Å². The molecule has 0 aliphatic carbocycles. The molecule has 0 amide bonds. The van der Waals surface area contributed by atoms with Crippen LogP contribution in [0.2, 0.25) is 0 Å². The fraction of sp³-hybridized carbons (Fsp3) is 0.226. The molecule has 0 saturated carbocycles. The first kappa shape index (κ1) is 27.4. The van der Waals surface area contributed by atoms with Crippen LogP contribution in [0.15, 0.2) is 164 Å². The number of hydrogen-bond donors (Lipinski definition) is 1. The molecule has 66 heavy (non-hydrogen) atoms. The molecule has 330 valence electrons. The molecule has 4 nitrogen and oxygen atoms in total. The van der Waals surface area contributed by atoms with Crippen LogP contribution in [0.1, 0.15) is 114 Å². The summed E-state index contributed by atoms with van der Waals surface area (Å²) >= 11 is 0. The van der Waals surface area contributed by atoms with Gasteiger partial charge in [0.05, 0.1) is 28.0 Å². The molecule has 0 bridgehead atoms. The van der Waals surface area contributed by atoms with E-state index in [1.807, 2.05) is 129 Å². The summed E-state index contributed by atoms with van der Waals surface area (Å²) in [6.45, 7) is -14.3. The van der Waals surface area contributed by atoms with Gasteiger partial charge in [-0.25, -0.2) is 4.98 Å². The predicted octanol–water partition coefficient (Wildman–Crippen LogP) is 16.6. The first-order valence-corrected chi connectivity index (χ1v) is 21.7. The van der Waals surface area contributed by atoms with Crippen LogP contribution in [-0.4, -0.2) is 19.6 Å². The van der Waals surface area contributed by atoms with Crippen molar-refractivity contribution in [3.05, 3.63) is 192 Å². The highest BCUT2D eigenvalue weighted by molar-refractivity contribution is 5.98. The van der Waals surface area contributed by atoms with Gasteiger partial charge in [0, 0.05) is 53.1 Å². The van der Waals surface area contributed by atoms with Gasteiger partial charge in [0.2, 0.25) is 0 Å². The quantitative estimate of drug-likeness (QED) is 0.173. The lowest BCUT2D eigenvalue weighted by Gasteiger charge is -2.27. The Morgan fingerprint density at radius 3 is 1.83 bits per heavy atom. The minimum Gasteiger partial charge on any atom is -0.507 e. The number of nitrogens with zero attached hydrogens (tertiary/aromatic N) is 3. The fourth-order valence-electron chi connectivity index (χ4n) is 8.83. The van der Waals surface area contributed by atoms with E-state index in [4.69, 9.17) is 34.6 Å². The van der Waals surface area contributed by atoms with E-state index < -0.39 is 85.6 Å². The predicted molar refractivity (Wildman–Crippen MR) is 279 cm³/mol. The zero-order chi connectivity index (χ0) is 61.7. The van der Waals surface area contributed by atoms with Gasteiger partial charge in [-0.3, -0.25) is 9.55 Å². The molecule has 0 radical (unpaired) electrons. The lowest BCUT2D eigenvalue weighted by atomic mass is 9.79. The van der Waals surface area contributed by atoms with Crippen LogP contribution in [-0.2, 0) is 16.2 Å². The second-order valence-corrected chi connectivity index (χ2v) is 18.1. The molecule has 0 unspecified atom stereocenters. The van der Waals surface area contributed by atoms with Gasteiger partial charge >= 0.3 is 0 Å². The molecule has 2 heterocycles. The highest BCUT2D eigenvalue weighted by Gasteiger charge is 2.30. The standard InChI is InChI=1S/C62H61N3O/c1-39-20-18-21-40(2)56(39)44-30-31-63-53(36-44)46-32-45(33-47(34-46)60(3,4)5)49-26-19-27-55-57(49)64-59(51-37-48(61(6,7)8)38-52(58(51)66)62(9,10)11)65(55)54-29-28-43(41-22-14-12-15-23-41)35-50(54)42-24-16-13-17-25-42/h12-38,66H,1-11H3/i6D3,7D3,8D3,9D3,10D3,11D3. The smallest absolute Gasteiger partial charge is 0.149 e. The van der Waals surface area contributed by atoms with E-state index in [1.165, 1.54) is 4.57 Å². The first-order valence-electron chi connectivity index (χ1n) is 30.7. The van der Waals surface area contributed by atoms with Gasteiger partial charge in [0.25, 0.3) is 0 Å². The molecule has 1 N–H and O–H groups in total. The van der Waals surface area contributed by atoms with E-state index in [2.05, 4.69) is 26.8 Å². The normalized spacial score (nSPS) is 17.4. The average Bonchev–Trinajstić information content (AvgIpc) is 0.795. The minimum absolute atomic E-state index is 0.182. The van der Waals surface area contributed by atoms with E-state index in [0.29, 0.717) is 39.7 Å². The number of benzene rings is 7. The maximum atomic E-state index is 13.1. The zero-order valence-electron chi connectivity index (χ0n) is 55.4. The lowest BCUT2D eigenvalue weighted by molar-refractivity contribution is 0.446. The molecule has 0 aliphatic rings. The summed E-state index contributed by atoms with van der Waals surface area (Å²) in [6, 6.07) is 46.3. The Morgan fingerprint density at radius 1 is 0.500 bits per heavy atom. The minimum atomic E-state index is -4.15. The number of hydrogen-bond acceptors (Lipinski definition) is 3. The topological polar surface area (TPSA) is 50.9 Å². The van der Waals surface area contributed by atoms with Crippen molar-refractivity contribution in [3.8, 4) is 78.6 Å². The van der Waals surface area contributed by atoms with Crippen LogP contribution in [0.5, 0.6) is 5.75 Å². The Kier molecular flexibility index (Phi) is 6.96. The van der Waals surface area contributed by atoms with Crippen molar-refractivity contribution >= 4 is 11.0 Å². The molecule has 4 heteroatoms. The van der Waals surface area contributed by atoms with Crippen LogP contribution in [0, 0.1) is 13.8 Å². The third-order valence-electron chi connectivity index (χ3n) is 12.2. The van der Waals surface area contributed by atoms with Crippen molar-refractivity contribution in [2.45, 2.75) is 92.0 Å². The van der Waals surface area contributed by atoms with Crippen LogP contribution in [0.4, 0.5) is 0 Å². The van der Waals surface area contributed by atoms with Crippen LogP contribution in [0.3, 0.4) is 0 Å². The summed E-state index contributed by atoms with van der Waals surface area (Å²) in [5, 5.41) is 13.1. The van der Waals surface area contributed by atoms with Gasteiger partial charge in [-0.15, -0.1) is 0 Å². The van der Waals surface area contributed by atoms with Gasteiger partial charge in [0.15, 0.2) is 0 Å². The number of fused-ring (bicyclic) bond motifs is 1. The van der Waals surface area contributed by atoms with Crippen molar-refractivity contribution in [2.24, 2.45) is 0 Å². The molecule has 2 aromatic heterocycles. The number of pyridine rings is 1. The summed E-state index contributed by atoms with van der Waals surface area (Å²) in [6.07, 6.45) is 1.75. The van der Waals surface area contributed by atoms with Crippen LogP contribution < -0.4 is 0 Å². The molecular formula is C62H61N3O. The fourth-order valence-corrected chi connectivity index (χ4v) is 8.83. The van der Waals surface area contributed by atoms with Crippen molar-refractivity contribution in [1.29, 1.82) is 0 Å². The Hall–Kier alpha value is -7.04. The largest absolute Gasteiger partial charge is 0.507 e. The number of phenols is 1. The SMILES string of the molecule is [2H]C([2H])([2H])C(c1cc(-c2nc3c(-c4cc(-c5cc(-c6c(C)cccc6C)ccn5)cc(C(C)(C)C)c4)cccc3n2-c2ccc(-c3ccccc3)cc2-c2ccccc2)c(O)c(C(C([2H])([2H])[2H])(C([2H])([2H])[2H])C([2H])([2H])[2H])c1)(C([2H])([2H])[2H])C([2H])([2H])[2H]. The number of imidazole rings is 1. The van der Waals surface area contributed by atoms with Gasteiger partial charge in [0.1, 0.15) is 11.6 Å². The zero-order valence-corrected chi connectivity index (χ0v) is 37.4. The van der Waals surface area contributed by atoms with Crippen molar-refractivity contribution in [1.82, 2.24) is 14.5 Å². The Morgan fingerprint density at radius 2 is 1.15 bits per heavy atom. The summed E-state index contributed by atoms with van der Waals surface area (Å²) in [7, 11) is 0. The number of aryl methyl sites for hydroxylation is 2. The summed E-state index contributed by atoms with van der Waals surface area (Å²) < 4.78 is 160. The third kappa shape index (κ3) is 8.37. The molecule has 9 aromatic rings. The Labute approximate surface area is 417 Å². The number of aromatic nitrogens is 3. The highest BCUT2D eigenvalue weighted by atomic mass is 16.3. The number of para-hydroxylation sites is 1. The summed E-state index contributed by atoms with van der Waals surface area (Å²) in [5.41, 5.74) is -1.13. The van der Waals surface area contributed by atoms with Gasteiger partial charge in [-0.05, 0) is 134 Å². The van der Waals surface area contributed by atoms with Gasteiger partial charge < -0.3 is 5.11 Å². The molecule has 7 aromatic carbocycles. The van der Waals surface area contributed by atoms with E-state index in [0.717, 1.165) is 50.6 Å². The monoisotopic (exact) mass is 882 g/mol. The van der Waals surface area contributed by atoms with Gasteiger partial charge in [-0.2, -0.15) is 0 Å². The maximum Gasteiger partial charge on any atom is 0.149 e. The molecule has 9 rings (SSSR count). The molecule has 0 fully saturated rings. The molecule has 0 aliphatic heterocycles. The molecule has 0 spiro atoms. The summed E-state index contributed by atoms with van der Waals surface area (Å²) in [4.78, 5) is 10.1. The first-order chi connectivity index (χ1) is 38.9. The second kappa shape index (κ2) is 16.7. The average molecular weight is 882 g/mol. The van der Waals surface area contributed by atoms with E-state index in [1.54, 1.807) is 30.5 Å². The van der Waals surface area contributed by atoms with E-state index in [-0.39, 0.29) is 11.0 Å². The number of phenolic OH excluding ortho intramolecular Hbond substituents is 1. The molecular weight excluding hydrogens is 803 g/mol. The van der Waals surface area contributed by atoms with Crippen molar-refractivity contribution in [3.63, 3.8) is 0 Å². The second-order valence-electron chi connectivity index (χ2n) is 18.1. The lowest BCUT2D eigenvalue weighted by Crippen LogP contribution is -2.17. The highest BCUT2D eigenvalue weighted by Crippen LogP contribution is 2.46. The van der Waals surface area contributed by atoms with Crippen molar-refractivity contribution < 1.29 is 29.8 Å². The van der Waals surface area contributed by atoms with Crippen LogP contribution in [0.25, 0.3) is 83.9 Å². The molecule has 0 saturated heterocycles. The third-order valence-corrected chi connectivity index (χ3v) is 12.2. The summed E-state index contributed by atoms with van der Waals surface area (Å²) in [5.74, 6) is -1.77. The Balaban J connectivity index is 1.50. The van der Waals surface area contributed by atoms with Crippen molar-refractivity contribution in [2.75, 3.05) is 0 Å². The molecule has 0 atom stereocenters. The van der Waals surface area contributed by atoms with Crippen LogP contribution >= 0.6 is 0 Å². The number of aromatic hydroxyl groups is 1.